The van der Waals surface area contributed by atoms with Crippen LogP contribution in [0.15, 0.2) is 22.6 Å². The van der Waals surface area contributed by atoms with Gasteiger partial charge in [0.25, 0.3) is 0 Å². The number of aryl methyl sites for hydroxylation is 1. The van der Waals surface area contributed by atoms with Crippen LogP contribution in [0.1, 0.15) is 62.6 Å². The zero-order chi connectivity index (χ0) is 19.5. The number of aromatic nitrogens is 1. The van der Waals surface area contributed by atoms with Crippen molar-refractivity contribution in [2.75, 3.05) is 19.7 Å². The normalized spacial score (nSPS) is 19.5. The standard InChI is InChI=1S/C21H30N2O3S/c1-16(14-18-15-27-17(2)23-18)20-10-9-19(24)8-4-6-12-22-11-5-3-7-13-26-21(20)25/h10,14-15,22H,3-9,11-13H2,1-2H3. The maximum atomic E-state index is 12.6. The second-order valence-electron chi connectivity index (χ2n) is 6.88. The molecule has 0 bridgehead atoms. The molecule has 0 atom stereocenters. The molecule has 0 fully saturated rings. The molecular weight excluding hydrogens is 360 g/mol. The summed E-state index contributed by atoms with van der Waals surface area (Å²) in [7, 11) is 0. The number of allylic oxidation sites excluding steroid dienone is 1. The van der Waals surface area contributed by atoms with E-state index in [9.17, 15) is 9.59 Å². The second kappa shape index (κ2) is 11.8. The fourth-order valence-electron chi connectivity index (χ4n) is 2.94. The van der Waals surface area contributed by atoms with Gasteiger partial charge in [-0.3, -0.25) is 4.79 Å². The number of hydrogen-bond donors (Lipinski definition) is 1. The molecule has 1 aromatic rings. The number of cyclic esters (lactones) is 1. The average Bonchev–Trinajstić information content (AvgIpc) is 3.03. The van der Waals surface area contributed by atoms with E-state index in [0.29, 0.717) is 18.6 Å². The number of thiazole rings is 1. The van der Waals surface area contributed by atoms with Crippen LogP contribution in [0.4, 0.5) is 0 Å². The fourth-order valence-corrected chi connectivity index (χ4v) is 3.51. The first-order valence-corrected chi connectivity index (χ1v) is 10.6. The summed E-state index contributed by atoms with van der Waals surface area (Å²) in [6.45, 7) is 6.16. The highest BCUT2D eigenvalue weighted by molar-refractivity contribution is 7.09. The van der Waals surface area contributed by atoms with E-state index in [1.54, 1.807) is 17.4 Å². The lowest BCUT2D eigenvalue weighted by atomic mass is 10.0. The van der Waals surface area contributed by atoms with Gasteiger partial charge in [0.05, 0.1) is 22.9 Å². The van der Waals surface area contributed by atoms with Gasteiger partial charge in [-0.2, -0.15) is 0 Å². The summed E-state index contributed by atoms with van der Waals surface area (Å²) < 4.78 is 5.46. The smallest absolute Gasteiger partial charge is 0.338 e. The summed E-state index contributed by atoms with van der Waals surface area (Å²) in [5, 5.41) is 6.33. The molecule has 1 aliphatic rings. The Bertz CT molecular complexity index is 691. The number of hydrogen-bond acceptors (Lipinski definition) is 6. The lowest BCUT2D eigenvalue weighted by molar-refractivity contribution is -0.138. The van der Waals surface area contributed by atoms with Gasteiger partial charge in [-0.15, -0.1) is 11.3 Å². The number of Topliss-reactive ketones (excluding diaryl/α,β-unsaturated/α-hetero) is 1. The Morgan fingerprint density at radius 3 is 2.70 bits per heavy atom. The van der Waals surface area contributed by atoms with E-state index in [-0.39, 0.29) is 18.2 Å². The predicted octanol–water partition coefficient (Wildman–Crippen LogP) is 4.23. The van der Waals surface area contributed by atoms with Crippen LogP contribution in [0, 0.1) is 6.92 Å². The Morgan fingerprint density at radius 2 is 1.96 bits per heavy atom. The van der Waals surface area contributed by atoms with E-state index in [4.69, 9.17) is 4.74 Å². The molecule has 0 spiro atoms. The number of ketones is 1. The lowest BCUT2D eigenvalue weighted by Crippen LogP contribution is -2.17. The van der Waals surface area contributed by atoms with Gasteiger partial charge < -0.3 is 10.1 Å². The third kappa shape index (κ3) is 8.18. The molecule has 2 heterocycles. The molecule has 1 N–H and O–H groups in total. The Morgan fingerprint density at radius 1 is 1.19 bits per heavy atom. The van der Waals surface area contributed by atoms with Crippen LogP contribution < -0.4 is 5.32 Å². The molecule has 27 heavy (non-hydrogen) atoms. The van der Waals surface area contributed by atoms with Crippen LogP contribution in [-0.4, -0.2) is 36.4 Å². The molecular formula is C21H30N2O3S. The van der Waals surface area contributed by atoms with Crippen molar-refractivity contribution in [2.45, 2.75) is 58.8 Å². The van der Waals surface area contributed by atoms with Crippen molar-refractivity contribution in [1.29, 1.82) is 0 Å². The van der Waals surface area contributed by atoms with Crippen LogP contribution in [0.25, 0.3) is 6.08 Å². The summed E-state index contributed by atoms with van der Waals surface area (Å²) in [6.07, 6.45) is 9.26. The molecule has 0 radical (unpaired) electrons. The van der Waals surface area contributed by atoms with E-state index < -0.39 is 0 Å². The Hall–Kier alpha value is -1.79. The third-order valence-corrected chi connectivity index (χ3v) is 5.26. The number of carbonyl (C=O) groups is 2. The van der Waals surface area contributed by atoms with E-state index in [2.05, 4.69) is 10.3 Å². The van der Waals surface area contributed by atoms with Crippen molar-refractivity contribution in [3.05, 3.63) is 33.3 Å². The number of nitrogens with one attached hydrogen (secondary N) is 1. The van der Waals surface area contributed by atoms with Crippen LogP contribution in [0.3, 0.4) is 0 Å². The number of ether oxygens (including phenoxy) is 1. The summed E-state index contributed by atoms with van der Waals surface area (Å²) >= 11 is 1.57. The van der Waals surface area contributed by atoms with Crippen molar-refractivity contribution >= 4 is 29.2 Å². The Kier molecular flexibility index (Phi) is 9.42. The molecule has 0 unspecified atom stereocenters. The van der Waals surface area contributed by atoms with E-state index in [1.807, 2.05) is 25.3 Å². The van der Waals surface area contributed by atoms with Gasteiger partial charge in [-0.25, -0.2) is 9.78 Å². The van der Waals surface area contributed by atoms with E-state index in [0.717, 1.165) is 61.5 Å². The SMILES string of the molecule is CC(=Cc1csc(C)n1)C1=CCC(=O)CCCCNCCCCCOC1=O. The largest absolute Gasteiger partial charge is 0.462 e. The summed E-state index contributed by atoms with van der Waals surface area (Å²) in [4.78, 5) is 29.2. The zero-order valence-corrected chi connectivity index (χ0v) is 17.2. The first-order chi connectivity index (χ1) is 13.1. The van der Waals surface area contributed by atoms with Gasteiger partial charge in [-0.1, -0.05) is 6.08 Å². The number of esters is 1. The summed E-state index contributed by atoms with van der Waals surface area (Å²) in [6, 6.07) is 0. The molecule has 0 saturated carbocycles. The van der Waals surface area contributed by atoms with Gasteiger partial charge in [0.1, 0.15) is 5.78 Å². The van der Waals surface area contributed by atoms with Crippen molar-refractivity contribution in [3.63, 3.8) is 0 Å². The fraction of sp³-hybridized carbons (Fsp3) is 0.571. The molecule has 2 rings (SSSR count). The highest BCUT2D eigenvalue weighted by Gasteiger charge is 2.15. The van der Waals surface area contributed by atoms with Crippen molar-refractivity contribution in [2.24, 2.45) is 0 Å². The van der Waals surface area contributed by atoms with Crippen molar-refractivity contribution < 1.29 is 14.3 Å². The number of rotatable bonds is 2. The minimum atomic E-state index is -0.353. The molecule has 6 heteroatoms. The van der Waals surface area contributed by atoms with Crippen LogP contribution in [0.5, 0.6) is 0 Å². The molecule has 0 aliphatic carbocycles. The van der Waals surface area contributed by atoms with Crippen LogP contribution in [0.2, 0.25) is 0 Å². The third-order valence-electron chi connectivity index (χ3n) is 4.47. The summed E-state index contributed by atoms with van der Waals surface area (Å²) in [5.41, 5.74) is 2.08. The molecule has 148 valence electrons. The summed E-state index contributed by atoms with van der Waals surface area (Å²) in [5.74, 6) is -0.196. The van der Waals surface area contributed by atoms with E-state index >= 15 is 0 Å². The molecule has 0 amide bonds. The maximum absolute atomic E-state index is 12.6. The zero-order valence-electron chi connectivity index (χ0n) is 16.4. The highest BCUT2D eigenvalue weighted by Crippen LogP contribution is 2.19. The van der Waals surface area contributed by atoms with Crippen molar-refractivity contribution in [3.8, 4) is 0 Å². The van der Waals surface area contributed by atoms with Gasteiger partial charge in [0.2, 0.25) is 0 Å². The van der Waals surface area contributed by atoms with Gasteiger partial charge in [0, 0.05) is 18.2 Å². The highest BCUT2D eigenvalue weighted by atomic mass is 32.1. The Balaban J connectivity index is 2.12. The van der Waals surface area contributed by atoms with Crippen molar-refractivity contribution in [1.82, 2.24) is 10.3 Å². The monoisotopic (exact) mass is 390 g/mol. The topological polar surface area (TPSA) is 68.3 Å². The van der Waals surface area contributed by atoms with Gasteiger partial charge in [0.15, 0.2) is 0 Å². The van der Waals surface area contributed by atoms with Gasteiger partial charge >= 0.3 is 5.97 Å². The Labute approximate surface area is 165 Å². The minimum Gasteiger partial charge on any atom is -0.462 e. The second-order valence-corrected chi connectivity index (χ2v) is 7.95. The molecule has 1 aromatic heterocycles. The molecule has 1 aliphatic heterocycles. The minimum absolute atomic E-state index is 0.157. The quantitative estimate of drug-likeness (QED) is 0.766. The maximum Gasteiger partial charge on any atom is 0.338 e. The first-order valence-electron chi connectivity index (χ1n) is 9.77. The lowest BCUT2D eigenvalue weighted by Gasteiger charge is -2.10. The molecule has 0 saturated heterocycles. The average molecular weight is 391 g/mol. The molecule has 5 nitrogen and oxygen atoms in total. The van der Waals surface area contributed by atoms with Gasteiger partial charge in [-0.05, 0) is 70.7 Å². The molecule has 0 aromatic carbocycles. The number of carbonyl (C=O) groups excluding carboxylic acids is 2. The van der Waals surface area contributed by atoms with Crippen LogP contribution >= 0.6 is 11.3 Å². The van der Waals surface area contributed by atoms with Crippen LogP contribution in [-0.2, 0) is 14.3 Å². The predicted molar refractivity (Wildman–Crippen MR) is 110 cm³/mol. The first kappa shape index (κ1) is 21.5. The van der Waals surface area contributed by atoms with E-state index in [1.165, 1.54) is 0 Å². The number of nitrogens with zero attached hydrogens (tertiary/aromatic N) is 1.